The summed E-state index contributed by atoms with van der Waals surface area (Å²) >= 11 is 0. The molecule has 140 valence electrons. The number of hydrogen-bond acceptors (Lipinski definition) is 4. The van der Waals surface area contributed by atoms with E-state index in [0.717, 1.165) is 16.6 Å². The van der Waals surface area contributed by atoms with Crippen molar-refractivity contribution in [3.63, 3.8) is 0 Å². The molecule has 0 saturated carbocycles. The molecule has 0 aliphatic heterocycles. The summed E-state index contributed by atoms with van der Waals surface area (Å²) in [7, 11) is 0. The fraction of sp³-hybridized carbons (Fsp3) is 0.263. The van der Waals surface area contributed by atoms with E-state index in [9.17, 15) is 9.59 Å². The van der Waals surface area contributed by atoms with Crippen molar-refractivity contribution in [2.45, 2.75) is 32.4 Å². The first-order valence-corrected chi connectivity index (χ1v) is 8.68. The quantitative estimate of drug-likeness (QED) is 0.620. The molecule has 0 bridgehead atoms. The van der Waals surface area contributed by atoms with Crippen molar-refractivity contribution in [1.82, 2.24) is 20.1 Å². The number of benzene rings is 1. The number of urea groups is 1. The molecule has 2 heterocycles. The van der Waals surface area contributed by atoms with Crippen LogP contribution in [0.1, 0.15) is 25.5 Å². The molecule has 3 amide bonds. The van der Waals surface area contributed by atoms with Crippen molar-refractivity contribution < 1.29 is 9.59 Å². The first kappa shape index (κ1) is 18.4. The molecule has 8 nitrogen and oxygen atoms in total. The Morgan fingerprint density at radius 1 is 1.19 bits per heavy atom. The first-order chi connectivity index (χ1) is 12.9. The molecule has 8 heteroatoms. The number of primary amides is 1. The number of fused-ring (bicyclic) bond motifs is 1. The minimum Gasteiger partial charge on any atom is -0.352 e. The van der Waals surface area contributed by atoms with E-state index in [1.807, 2.05) is 48.9 Å². The maximum Gasteiger partial charge on any atom is 0.312 e. The van der Waals surface area contributed by atoms with Gasteiger partial charge in [0.15, 0.2) is 5.65 Å². The lowest BCUT2D eigenvalue weighted by Gasteiger charge is -2.17. The van der Waals surface area contributed by atoms with Gasteiger partial charge < -0.3 is 16.4 Å². The number of nitrogens with one attached hydrogen (secondary N) is 2. The summed E-state index contributed by atoms with van der Waals surface area (Å²) in [4.78, 5) is 28.4. The van der Waals surface area contributed by atoms with Crippen LogP contribution in [-0.2, 0) is 11.2 Å². The number of hydrogen-bond donors (Lipinski definition) is 3. The van der Waals surface area contributed by atoms with Crippen molar-refractivity contribution in [2.24, 2.45) is 5.73 Å². The standard InChI is InChI=1S/C19H22N6O2/c1-12(2)25-17-14(10-22-25)9-15(11-21-17)23-18(26)16(24-19(20)27)8-13-6-4-3-5-7-13/h3-7,9-12,16H,8H2,1-2H3,(H,23,26)(H3,20,24,27)/t16-/m0/s1. The van der Waals surface area contributed by atoms with Crippen LogP contribution in [0.2, 0.25) is 0 Å². The van der Waals surface area contributed by atoms with Gasteiger partial charge in [-0.05, 0) is 25.5 Å². The van der Waals surface area contributed by atoms with Crippen LogP contribution in [0.25, 0.3) is 11.0 Å². The summed E-state index contributed by atoms with van der Waals surface area (Å²) in [5.41, 5.74) is 7.42. The Bertz CT molecular complexity index is 951. The lowest BCUT2D eigenvalue weighted by Crippen LogP contribution is -2.47. The van der Waals surface area contributed by atoms with Gasteiger partial charge in [0, 0.05) is 17.8 Å². The lowest BCUT2D eigenvalue weighted by molar-refractivity contribution is -0.117. The molecular weight excluding hydrogens is 344 g/mol. The van der Waals surface area contributed by atoms with Crippen LogP contribution in [0.3, 0.4) is 0 Å². The van der Waals surface area contributed by atoms with E-state index in [2.05, 4.69) is 20.7 Å². The molecule has 3 aromatic rings. The highest BCUT2D eigenvalue weighted by Crippen LogP contribution is 2.19. The average molecular weight is 366 g/mol. The molecule has 0 spiro atoms. The summed E-state index contributed by atoms with van der Waals surface area (Å²) in [6.07, 6.45) is 3.61. The van der Waals surface area contributed by atoms with E-state index in [4.69, 9.17) is 5.73 Å². The second kappa shape index (κ2) is 7.86. The van der Waals surface area contributed by atoms with Gasteiger partial charge in [0.1, 0.15) is 6.04 Å². The largest absolute Gasteiger partial charge is 0.352 e. The van der Waals surface area contributed by atoms with E-state index >= 15 is 0 Å². The number of nitrogens with zero attached hydrogens (tertiary/aromatic N) is 3. The summed E-state index contributed by atoms with van der Waals surface area (Å²) < 4.78 is 1.81. The zero-order valence-electron chi connectivity index (χ0n) is 15.2. The van der Waals surface area contributed by atoms with Gasteiger partial charge in [-0.3, -0.25) is 4.79 Å². The fourth-order valence-electron chi connectivity index (χ4n) is 2.85. The van der Waals surface area contributed by atoms with Crippen molar-refractivity contribution in [3.8, 4) is 0 Å². The van der Waals surface area contributed by atoms with Crippen LogP contribution in [0.4, 0.5) is 10.5 Å². The van der Waals surface area contributed by atoms with Crippen LogP contribution < -0.4 is 16.4 Å². The Morgan fingerprint density at radius 2 is 1.93 bits per heavy atom. The second-order valence-electron chi connectivity index (χ2n) is 6.56. The van der Waals surface area contributed by atoms with Crippen LogP contribution in [0.15, 0.2) is 48.8 Å². The zero-order chi connectivity index (χ0) is 19.4. The van der Waals surface area contributed by atoms with Gasteiger partial charge in [-0.25, -0.2) is 14.5 Å². The van der Waals surface area contributed by atoms with Gasteiger partial charge >= 0.3 is 6.03 Å². The molecule has 0 radical (unpaired) electrons. The molecule has 0 saturated heterocycles. The van der Waals surface area contributed by atoms with Crippen molar-refractivity contribution in [1.29, 1.82) is 0 Å². The Balaban J connectivity index is 1.78. The maximum absolute atomic E-state index is 12.7. The van der Waals surface area contributed by atoms with Gasteiger partial charge in [0.25, 0.3) is 0 Å². The number of anilines is 1. The van der Waals surface area contributed by atoms with Crippen LogP contribution in [0, 0.1) is 0 Å². The van der Waals surface area contributed by atoms with Crippen molar-refractivity contribution in [3.05, 3.63) is 54.4 Å². The van der Waals surface area contributed by atoms with Gasteiger partial charge in [-0.15, -0.1) is 0 Å². The van der Waals surface area contributed by atoms with E-state index in [1.165, 1.54) is 0 Å². The Hall–Kier alpha value is -3.42. The molecule has 0 aliphatic carbocycles. The molecule has 2 aromatic heterocycles. The summed E-state index contributed by atoms with van der Waals surface area (Å²) in [6.45, 7) is 4.04. The van der Waals surface area contributed by atoms with E-state index < -0.39 is 12.1 Å². The molecule has 0 unspecified atom stereocenters. The normalized spacial score (nSPS) is 12.1. The monoisotopic (exact) mass is 366 g/mol. The number of rotatable bonds is 6. The topological polar surface area (TPSA) is 115 Å². The molecule has 3 rings (SSSR count). The number of carbonyl (C=O) groups is 2. The summed E-state index contributed by atoms with van der Waals surface area (Å²) in [5, 5.41) is 10.4. The lowest BCUT2D eigenvalue weighted by atomic mass is 10.1. The summed E-state index contributed by atoms with van der Waals surface area (Å²) in [6, 6.07) is 9.85. The van der Waals surface area contributed by atoms with Crippen molar-refractivity contribution in [2.75, 3.05) is 5.32 Å². The van der Waals surface area contributed by atoms with Crippen LogP contribution in [0.5, 0.6) is 0 Å². The highest BCUT2D eigenvalue weighted by molar-refractivity contribution is 5.98. The minimum atomic E-state index is -0.793. The molecule has 1 aromatic carbocycles. The molecule has 4 N–H and O–H groups in total. The number of nitrogens with two attached hydrogens (primary N) is 1. The van der Waals surface area contributed by atoms with E-state index in [-0.39, 0.29) is 11.9 Å². The van der Waals surface area contributed by atoms with E-state index in [0.29, 0.717) is 12.1 Å². The molecule has 27 heavy (non-hydrogen) atoms. The number of pyridine rings is 1. The number of amides is 3. The smallest absolute Gasteiger partial charge is 0.312 e. The predicted octanol–water partition coefficient (Wildman–Crippen LogP) is 2.23. The van der Waals surface area contributed by atoms with E-state index in [1.54, 1.807) is 18.5 Å². The predicted molar refractivity (Wildman–Crippen MR) is 103 cm³/mol. The third-order valence-electron chi connectivity index (χ3n) is 4.11. The van der Waals surface area contributed by atoms with Crippen LogP contribution >= 0.6 is 0 Å². The first-order valence-electron chi connectivity index (χ1n) is 8.68. The second-order valence-corrected chi connectivity index (χ2v) is 6.56. The fourth-order valence-corrected chi connectivity index (χ4v) is 2.85. The number of aromatic nitrogens is 3. The molecular formula is C19H22N6O2. The van der Waals surface area contributed by atoms with Gasteiger partial charge in [-0.2, -0.15) is 5.10 Å². The summed E-state index contributed by atoms with van der Waals surface area (Å²) in [5.74, 6) is -0.366. The molecule has 0 fully saturated rings. The van der Waals surface area contributed by atoms with Gasteiger partial charge in [-0.1, -0.05) is 30.3 Å². The number of carbonyl (C=O) groups excluding carboxylic acids is 2. The zero-order valence-corrected chi connectivity index (χ0v) is 15.2. The maximum atomic E-state index is 12.7. The average Bonchev–Trinajstić information content (AvgIpc) is 3.05. The molecule has 1 atom stereocenters. The third kappa shape index (κ3) is 4.41. The highest BCUT2D eigenvalue weighted by Gasteiger charge is 2.21. The van der Waals surface area contributed by atoms with Gasteiger partial charge in [0.2, 0.25) is 5.91 Å². The third-order valence-corrected chi connectivity index (χ3v) is 4.11. The Kier molecular flexibility index (Phi) is 5.35. The van der Waals surface area contributed by atoms with Gasteiger partial charge in [0.05, 0.1) is 18.1 Å². The van der Waals surface area contributed by atoms with Crippen LogP contribution in [-0.4, -0.2) is 32.7 Å². The van der Waals surface area contributed by atoms with Crippen molar-refractivity contribution >= 4 is 28.7 Å². The SMILES string of the molecule is CC(C)n1ncc2cc(NC(=O)[C@H](Cc3ccccc3)NC(N)=O)cnc21. The highest BCUT2D eigenvalue weighted by atomic mass is 16.2. The minimum absolute atomic E-state index is 0.186. The Labute approximate surface area is 156 Å². The molecule has 0 aliphatic rings. The Morgan fingerprint density at radius 3 is 2.59 bits per heavy atom.